The standard InChI is InChI=1S/C18H19ClN2O4/c1-3-12-5-8-14(9-6-12)25-17(4-2)18(22)20-16-11-13(21(23)24)7-10-15(16)19/h5-11,17H,3-4H2,1-2H3,(H,20,22)/t17-/m0/s1. The van der Waals surface area contributed by atoms with Crippen molar-refractivity contribution in [3.05, 3.63) is 63.2 Å². The molecule has 0 bridgehead atoms. The molecule has 25 heavy (non-hydrogen) atoms. The quantitative estimate of drug-likeness (QED) is 0.576. The maximum absolute atomic E-state index is 12.4. The van der Waals surface area contributed by atoms with Crippen LogP contribution in [0.4, 0.5) is 11.4 Å². The van der Waals surface area contributed by atoms with E-state index in [2.05, 4.69) is 12.2 Å². The van der Waals surface area contributed by atoms with Gasteiger partial charge in [0.2, 0.25) is 0 Å². The van der Waals surface area contributed by atoms with E-state index in [-0.39, 0.29) is 16.4 Å². The van der Waals surface area contributed by atoms with Crippen molar-refractivity contribution >= 4 is 28.9 Å². The third-order valence-corrected chi connectivity index (χ3v) is 4.02. The number of hydrogen-bond donors (Lipinski definition) is 1. The molecule has 7 heteroatoms. The molecular weight excluding hydrogens is 344 g/mol. The van der Waals surface area contributed by atoms with Crippen molar-refractivity contribution in [2.75, 3.05) is 5.32 Å². The summed E-state index contributed by atoms with van der Waals surface area (Å²) in [6.07, 6.45) is 0.625. The average molecular weight is 363 g/mol. The molecule has 0 aliphatic rings. The molecule has 0 heterocycles. The van der Waals surface area contributed by atoms with Gasteiger partial charge in [0, 0.05) is 12.1 Å². The highest BCUT2D eigenvalue weighted by Gasteiger charge is 2.20. The smallest absolute Gasteiger partial charge is 0.271 e. The summed E-state index contributed by atoms with van der Waals surface area (Å²) in [7, 11) is 0. The van der Waals surface area contributed by atoms with E-state index in [0.717, 1.165) is 6.42 Å². The number of aryl methyl sites for hydroxylation is 1. The van der Waals surface area contributed by atoms with E-state index in [9.17, 15) is 14.9 Å². The first-order chi connectivity index (χ1) is 11.9. The Balaban J connectivity index is 2.11. The summed E-state index contributed by atoms with van der Waals surface area (Å²) in [5, 5.41) is 13.7. The van der Waals surface area contributed by atoms with Crippen LogP contribution in [0.15, 0.2) is 42.5 Å². The predicted octanol–water partition coefficient (Wildman–Crippen LogP) is 4.61. The number of nitrogens with zero attached hydrogens (tertiary/aromatic N) is 1. The van der Waals surface area contributed by atoms with Crippen LogP contribution in [-0.4, -0.2) is 16.9 Å². The minimum absolute atomic E-state index is 0.149. The van der Waals surface area contributed by atoms with Gasteiger partial charge in [-0.05, 0) is 36.6 Å². The van der Waals surface area contributed by atoms with Gasteiger partial charge in [-0.15, -0.1) is 0 Å². The van der Waals surface area contributed by atoms with Crippen LogP contribution in [0.1, 0.15) is 25.8 Å². The highest BCUT2D eigenvalue weighted by molar-refractivity contribution is 6.33. The number of anilines is 1. The van der Waals surface area contributed by atoms with Crippen LogP contribution in [0.5, 0.6) is 5.75 Å². The van der Waals surface area contributed by atoms with Crippen LogP contribution in [0, 0.1) is 10.1 Å². The minimum Gasteiger partial charge on any atom is -0.481 e. The SMILES string of the molecule is CCc1ccc(O[C@@H](CC)C(=O)Nc2cc([N+](=O)[O-])ccc2Cl)cc1. The lowest BCUT2D eigenvalue weighted by Crippen LogP contribution is -2.32. The Bertz CT molecular complexity index is 762. The predicted molar refractivity (Wildman–Crippen MR) is 97.3 cm³/mol. The van der Waals surface area contributed by atoms with Crippen molar-refractivity contribution in [3.8, 4) is 5.75 Å². The third-order valence-electron chi connectivity index (χ3n) is 3.69. The zero-order valence-corrected chi connectivity index (χ0v) is 14.7. The van der Waals surface area contributed by atoms with Crippen LogP contribution < -0.4 is 10.1 Å². The topological polar surface area (TPSA) is 81.5 Å². The molecule has 0 saturated heterocycles. The number of rotatable bonds is 7. The van der Waals surface area contributed by atoms with Crippen molar-refractivity contribution in [1.29, 1.82) is 0 Å². The molecule has 0 aliphatic heterocycles. The third kappa shape index (κ3) is 4.93. The van der Waals surface area contributed by atoms with E-state index < -0.39 is 16.9 Å². The van der Waals surface area contributed by atoms with Crippen molar-refractivity contribution in [1.82, 2.24) is 0 Å². The molecule has 1 amide bonds. The number of carbonyl (C=O) groups excluding carboxylic acids is 1. The van der Waals surface area contributed by atoms with Crippen molar-refractivity contribution < 1.29 is 14.5 Å². The summed E-state index contributed by atoms with van der Waals surface area (Å²) in [6, 6.07) is 11.4. The number of halogens is 1. The van der Waals surface area contributed by atoms with Gasteiger partial charge < -0.3 is 10.1 Å². The highest BCUT2D eigenvalue weighted by atomic mass is 35.5. The number of benzene rings is 2. The van der Waals surface area contributed by atoms with E-state index in [1.165, 1.54) is 23.8 Å². The van der Waals surface area contributed by atoms with Crippen LogP contribution in [0.2, 0.25) is 5.02 Å². The molecule has 6 nitrogen and oxygen atoms in total. The Labute approximate surface area is 150 Å². The van der Waals surface area contributed by atoms with E-state index >= 15 is 0 Å². The number of non-ortho nitro benzene ring substituents is 1. The maximum atomic E-state index is 12.4. The zero-order valence-electron chi connectivity index (χ0n) is 14.0. The first-order valence-electron chi connectivity index (χ1n) is 7.95. The van der Waals surface area contributed by atoms with E-state index in [1.54, 1.807) is 0 Å². The zero-order chi connectivity index (χ0) is 18.4. The van der Waals surface area contributed by atoms with Gasteiger partial charge in [-0.25, -0.2) is 0 Å². The van der Waals surface area contributed by atoms with Gasteiger partial charge in [0.25, 0.3) is 11.6 Å². The van der Waals surface area contributed by atoms with Crippen LogP contribution >= 0.6 is 11.6 Å². The fraction of sp³-hybridized carbons (Fsp3) is 0.278. The van der Waals surface area contributed by atoms with Crippen molar-refractivity contribution in [3.63, 3.8) is 0 Å². The molecule has 2 aromatic carbocycles. The molecule has 0 radical (unpaired) electrons. The summed E-state index contributed by atoms with van der Waals surface area (Å²) in [5.41, 5.74) is 1.21. The lowest BCUT2D eigenvalue weighted by Gasteiger charge is -2.18. The molecule has 0 spiro atoms. The Hall–Kier alpha value is -2.60. The fourth-order valence-electron chi connectivity index (χ4n) is 2.23. The number of hydrogen-bond acceptors (Lipinski definition) is 4. The molecule has 1 atom stereocenters. The lowest BCUT2D eigenvalue weighted by molar-refractivity contribution is -0.384. The molecule has 0 fully saturated rings. The molecule has 0 aromatic heterocycles. The highest BCUT2D eigenvalue weighted by Crippen LogP contribution is 2.27. The van der Waals surface area contributed by atoms with Crippen LogP contribution in [0.25, 0.3) is 0 Å². The van der Waals surface area contributed by atoms with E-state index in [4.69, 9.17) is 16.3 Å². The van der Waals surface area contributed by atoms with E-state index in [1.807, 2.05) is 31.2 Å². The Kier molecular flexibility index (Phi) is 6.36. The number of nitro benzene ring substituents is 1. The monoisotopic (exact) mass is 362 g/mol. The second-order valence-corrected chi connectivity index (χ2v) is 5.83. The number of ether oxygens (including phenoxy) is 1. The van der Waals surface area contributed by atoms with Gasteiger partial charge >= 0.3 is 0 Å². The molecule has 0 saturated carbocycles. The van der Waals surface area contributed by atoms with Gasteiger partial charge in [0.15, 0.2) is 6.10 Å². The van der Waals surface area contributed by atoms with Gasteiger partial charge in [-0.2, -0.15) is 0 Å². The first-order valence-corrected chi connectivity index (χ1v) is 8.32. The first kappa shape index (κ1) is 18.7. The second-order valence-electron chi connectivity index (χ2n) is 5.42. The van der Waals surface area contributed by atoms with Crippen LogP contribution in [0.3, 0.4) is 0 Å². The summed E-state index contributed by atoms with van der Waals surface area (Å²) < 4.78 is 5.73. The van der Waals surface area contributed by atoms with E-state index in [0.29, 0.717) is 12.2 Å². The van der Waals surface area contributed by atoms with Gasteiger partial charge in [0.05, 0.1) is 15.6 Å². The van der Waals surface area contributed by atoms with Crippen LogP contribution in [-0.2, 0) is 11.2 Å². The van der Waals surface area contributed by atoms with Gasteiger partial charge in [-0.3, -0.25) is 14.9 Å². The Morgan fingerprint density at radius 3 is 2.48 bits per heavy atom. The minimum atomic E-state index is -0.734. The number of nitro groups is 1. The summed E-state index contributed by atoms with van der Waals surface area (Å²) >= 11 is 6.01. The number of nitrogens with one attached hydrogen (secondary N) is 1. The van der Waals surface area contributed by atoms with Crippen molar-refractivity contribution in [2.24, 2.45) is 0 Å². The molecule has 132 valence electrons. The van der Waals surface area contributed by atoms with Gasteiger partial charge in [-0.1, -0.05) is 37.6 Å². The summed E-state index contributed by atoms with van der Waals surface area (Å²) in [4.78, 5) is 22.8. The second kappa shape index (κ2) is 8.48. The van der Waals surface area contributed by atoms with Crippen molar-refractivity contribution in [2.45, 2.75) is 32.8 Å². The molecule has 1 N–H and O–H groups in total. The molecular formula is C18H19ClN2O4. The average Bonchev–Trinajstić information content (AvgIpc) is 2.61. The molecule has 0 aliphatic carbocycles. The Morgan fingerprint density at radius 2 is 1.92 bits per heavy atom. The fourth-order valence-corrected chi connectivity index (χ4v) is 2.39. The van der Waals surface area contributed by atoms with Gasteiger partial charge in [0.1, 0.15) is 5.75 Å². The molecule has 2 aromatic rings. The normalized spacial score (nSPS) is 11.6. The summed E-state index contributed by atoms with van der Waals surface area (Å²) in [5.74, 6) is 0.175. The largest absolute Gasteiger partial charge is 0.481 e. The molecule has 0 unspecified atom stereocenters. The summed E-state index contributed by atoms with van der Waals surface area (Å²) in [6.45, 7) is 3.88. The molecule has 2 rings (SSSR count). The number of amides is 1. The lowest BCUT2D eigenvalue weighted by atomic mass is 10.1. The maximum Gasteiger partial charge on any atom is 0.271 e. The Morgan fingerprint density at radius 1 is 1.24 bits per heavy atom. The number of carbonyl (C=O) groups is 1.